The maximum absolute atomic E-state index is 12.3. The number of nitrogens with one attached hydrogen (secondary N) is 1. The molecule has 1 N–H and O–H groups in total. The van der Waals surface area contributed by atoms with Gasteiger partial charge in [-0.05, 0) is 43.7 Å². The summed E-state index contributed by atoms with van der Waals surface area (Å²) in [4.78, 5) is 18.9. The van der Waals surface area contributed by atoms with Crippen LogP contribution in [0, 0.1) is 5.92 Å². The summed E-state index contributed by atoms with van der Waals surface area (Å²) in [6.45, 7) is 4.45. The molecule has 114 valence electrons. The predicted molar refractivity (Wildman–Crippen MR) is 84.6 cm³/mol. The molecule has 1 atom stereocenters. The quantitative estimate of drug-likeness (QED) is 0.929. The molecule has 4 nitrogen and oxygen atoms in total. The Hall–Kier alpha value is -1.58. The van der Waals surface area contributed by atoms with Crippen LogP contribution >= 0.6 is 0 Å². The molecule has 0 radical (unpaired) electrons. The standard InChI is InChI=1S/C17H25N3O/c1-13-5-4-10-20(12-13)15-8-9-18-16(11-15)17(21)19-14-6-2-3-7-14/h8-9,11,13-14H,2-7,10,12H2,1H3,(H,19,21). The second-order valence-corrected chi connectivity index (χ2v) is 6.55. The SMILES string of the molecule is CC1CCCN(c2ccnc(C(=O)NC3CCCC3)c2)C1. The van der Waals surface area contributed by atoms with Gasteiger partial charge in [-0.1, -0.05) is 19.8 Å². The summed E-state index contributed by atoms with van der Waals surface area (Å²) in [6.07, 6.45) is 8.96. The summed E-state index contributed by atoms with van der Waals surface area (Å²) in [5, 5.41) is 3.11. The fourth-order valence-corrected chi connectivity index (χ4v) is 3.49. The van der Waals surface area contributed by atoms with Crippen molar-refractivity contribution >= 4 is 11.6 Å². The van der Waals surface area contributed by atoms with Crippen LogP contribution in [-0.4, -0.2) is 30.0 Å². The van der Waals surface area contributed by atoms with E-state index in [9.17, 15) is 4.79 Å². The average molecular weight is 287 g/mol. The van der Waals surface area contributed by atoms with E-state index in [-0.39, 0.29) is 5.91 Å². The number of piperidine rings is 1. The number of rotatable bonds is 3. The molecule has 1 aromatic heterocycles. The van der Waals surface area contributed by atoms with Gasteiger partial charge in [-0.2, -0.15) is 0 Å². The fraction of sp³-hybridized carbons (Fsp3) is 0.647. The molecular formula is C17H25N3O. The number of hydrogen-bond acceptors (Lipinski definition) is 3. The predicted octanol–water partition coefficient (Wildman–Crippen LogP) is 2.99. The van der Waals surface area contributed by atoms with Crippen LogP contribution in [0.2, 0.25) is 0 Å². The molecule has 1 saturated heterocycles. The minimum atomic E-state index is -0.0196. The third kappa shape index (κ3) is 3.55. The van der Waals surface area contributed by atoms with Gasteiger partial charge in [0.2, 0.25) is 0 Å². The van der Waals surface area contributed by atoms with Crippen molar-refractivity contribution in [3.05, 3.63) is 24.0 Å². The molecule has 2 fully saturated rings. The Morgan fingerprint density at radius 2 is 2.10 bits per heavy atom. The van der Waals surface area contributed by atoms with Crippen molar-refractivity contribution in [2.75, 3.05) is 18.0 Å². The molecule has 1 amide bonds. The van der Waals surface area contributed by atoms with Gasteiger partial charge in [0.15, 0.2) is 0 Å². The second kappa shape index (κ2) is 6.46. The summed E-state index contributed by atoms with van der Waals surface area (Å²) in [6, 6.07) is 4.31. The molecule has 1 saturated carbocycles. The number of amides is 1. The molecule has 2 aliphatic rings. The van der Waals surface area contributed by atoms with Gasteiger partial charge in [-0.15, -0.1) is 0 Å². The van der Waals surface area contributed by atoms with Crippen LogP contribution in [0.1, 0.15) is 55.9 Å². The van der Waals surface area contributed by atoms with Gasteiger partial charge in [0.25, 0.3) is 5.91 Å². The first-order chi connectivity index (χ1) is 10.2. The molecule has 1 aromatic rings. The molecule has 1 aliphatic carbocycles. The highest BCUT2D eigenvalue weighted by molar-refractivity contribution is 5.93. The number of hydrogen-bond donors (Lipinski definition) is 1. The summed E-state index contributed by atoms with van der Waals surface area (Å²) in [5.74, 6) is 0.705. The van der Waals surface area contributed by atoms with Crippen LogP contribution in [0.4, 0.5) is 5.69 Å². The molecule has 4 heteroatoms. The maximum Gasteiger partial charge on any atom is 0.270 e. The topological polar surface area (TPSA) is 45.2 Å². The van der Waals surface area contributed by atoms with Crippen LogP contribution in [0.15, 0.2) is 18.3 Å². The van der Waals surface area contributed by atoms with Gasteiger partial charge in [-0.3, -0.25) is 9.78 Å². The zero-order valence-corrected chi connectivity index (χ0v) is 12.8. The van der Waals surface area contributed by atoms with Crippen LogP contribution in [0.3, 0.4) is 0 Å². The van der Waals surface area contributed by atoms with Gasteiger partial charge >= 0.3 is 0 Å². The number of carbonyl (C=O) groups excluding carboxylic acids is 1. The Kier molecular flexibility index (Phi) is 4.42. The van der Waals surface area contributed by atoms with Crippen LogP contribution < -0.4 is 10.2 Å². The molecule has 21 heavy (non-hydrogen) atoms. The van der Waals surface area contributed by atoms with Gasteiger partial charge in [0.05, 0.1) is 0 Å². The Labute approximate surface area is 126 Å². The van der Waals surface area contributed by atoms with Crippen LogP contribution in [0.25, 0.3) is 0 Å². The van der Waals surface area contributed by atoms with Crippen LogP contribution in [0.5, 0.6) is 0 Å². The number of anilines is 1. The monoisotopic (exact) mass is 287 g/mol. The van der Waals surface area contributed by atoms with E-state index in [4.69, 9.17) is 0 Å². The van der Waals surface area contributed by atoms with E-state index in [1.54, 1.807) is 6.20 Å². The molecule has 0 bridgehead atoms. The highest BCUT2D eigenvalue weighted by Gasteiger charge is 2.20. The molecule has 0 spiro atoms. The average Bonchev–Trinajstić information content (AvgIpc) is 3.00. The van der Waals surface area contributed by atoms with Gasteiger partial charge in [-0.25, -0.2) is 0 Å². The number of nitrogens with zero attached hydrogens (tertiary/aromatic N) is 2. The van der Waals surface area contributed by atoms with Crippen molar-refractivity contribution in [3.8, 4) is 0 Å². The number of pyridine rings is 1. The van der Waals surface area contributed by atoms with Crippen molar-refractivity contribution in [3.63, 3.8) is 0 Å². The third-order valence-corrected chi connectivity index (χ3v) is 4.69. The molecule has 0 aromatic carbocycles. The molecule has 2 heterocycles. The summed E-state index contributed by atoms with van der Waals surface area (Å²) < 4.78 is 0. The van der Waals surface area contributed by atoms with Gasteiger partial charge < -0.3 is 10.2 Å². The minimum absolute atomic E-state index is 0.0196. The zero-order valence-electron chi connectivity index (χ0n) is 12.8. The van der Waals surface area contributed by atoms with Crippen molar-refractivity contribution < 1.29 is 4.79 Å². The lowest BCUT2D eigenvalue weighted by molar-refractivity contribution is 0.0933. The first kappa shape index (κ1) is 14.4. The van der Waals surface area contributed by atoms with Crippen molar-refractivity contribution in [2.24, 2.45) is 5.92 Å². The van der Waals surface area contributed by atoms with Crippen molar-refractivity contribution in [1.29, 1.82) is 0 Å². The third-order valence-electron chi connectivity index (χ3n) is 4.69. The summed E-state index contributed by atoms with van der Waals surface area (Å²) in [7, 11) is 0. The van der Waals surface area contributed by atoms with E-state index in [2.05, 4.69) is 22.1 Å². The number of carbonyl (C=O) groups is 1. The largest absolute Gasteiger partial charge is 0.371 e. The Balaban J connectivity index is 1.68. The van der Waals surface area contributed by atoms with Crippen LogP contribution in [-0.2, 0) is 0 Å². The highest BCUT2D eigenvalue weighted by Crippen LogP contribution is 2.23. The minimum Gasteiger partial charge on any atom is -0.371 e. The normalized spacial score (nSPS) is 23.3. The van der Waals surface area contributed by atoms with Gasteiger partial charge in [0, 0.05) is 31.0 Å². The summed E-state index contributed by atoms with van der Waals surface area (Å²) >= 11 is 0. The fourth-order valence-electron chi connectivity index (χ4n) is 3.49. The van der Waals surface area contributed by atoms with E-state index in [1.165, 1.54) is 25.7 Å². The van der Waals surface area contributed by atoms with Gasteiger partial charge in [0.1, 0.15) is 5.69 Å². The lowest BCUT2D eigenvalue weighted by Crippen LogP contribution is -2.35. The van der Waals surface area contributed by atoms with E-state index < -0.39 is 0 Å². The second-order valence-electron chi connectivity index (χ2n) is 6.55. The molecular weight excluding hydrogens is 262 g/mol. The molecule has 3 rings (SSSR count). The lowest BCUT2D eigenvalue weighted by atomic mass is 10.00. The smallest absolute Gasteiger partial charge is 0.270 e. The Morgan fingerprint density at radius 1 is 1.29 bits per heavy atom. The summed E-state index contributed by atoms with van der Waals surface area (Å²) in [5.41, 5.74) is 1.69. The van der Waals surface area contributed by atoms with E-state index >= 15 is 0 Å². The molecule has 1 unspecified atom stereocenters. The first-order valence-corrected chi connectivity index (χ1v) is 8.24. The van der Waals surface area contributed by atoms with Crippen molar-refractivity contribution in [1.82, 2.24) is 10.3 Å². The lowest BCUT2D eigenvalue weighted by Gasteiger charge is -2.32. The highest BCUT2D eigenvalue weighted by atomic mass is 16.1. The Morgan fingerprint density at radius 3 is 2.86 bits per heavy atom. The first-order valence-electron chi connectivity index (χ1n) is 8.24. The maximum atomic E-state index is 12.3. The van der Waals surface area contributed by atoms with E-state index in [0.717, 1.165) is 37.5 Å². The zero-order chi connectivity index (χ0) is 14.7. The molecule has 1 aliphatic heterocycles. The van der Waals surface area contributed by atoms with Crippen molar-refractivity contribution in [2.45, 2.75) is 51.5 Å². The van der Waals surface area contributed by atoms with E-state index in [0.29, 0.717) is 11.7 Å². The van der Waals surface area contributed by atoms with E-state index in [1.807, 2.05) is 12.1 Å². The Bertz CT molecular complexity index is 497. The number of aromatic nitrogens is 1.